The minimum absolute atomic E-state index is 0.0729. The summed E-state index contributed by atoms with van der Waals surface area (Å²) in [4.78, 5) is 0. The van der Waals surface area contributed by atoms with Gasteiger partial charge < -0.3 is 5.73 Å². The van der Waals surface area contributed by atoms with Crippen LogP contribution in [0.2, 0.25) is 0 Å². The Balaban J connectivity index is 2.26. The molecule has 0 aliphatic rings. The summed E-state index contributed by atoms with van der Waals surface area (Å²) in [5.41, 5.74) is 7.88. The van der Waals surface area contributed by atoms with E-state index in [2.05, 4.69) is 51.1 Å². The lowest BCUT2D eigenvalue weighted by Crippen LogP contribution is -2.40. The smallest absolute Gasteiger partial charge is 0.0131 e. The first kappa shape index (κ1) is 17.2. The number of hydrogen-bond acceptors (Lipinski definition) is 1. The van der Waals surface area contributed by atoms with E-state index >= 15 is 0 Å². The molecule has 1 nitrogen and oxygen atoms in total. The van der Waals surface area contributed by atoms with E-state index in [4.69, 9.17) is 5.73 Å². The van der Waals surface area contributed by atoms with Crippen LogP contribution in [0, 0.1) is 0 Å². The van der Waals surface area contributed by atoms with E-state index in [1.165, 1.54) is 50.5 Å². The molecule has 0 saturated heterocycles. The van der Waals surface area contributed by atoms with Gasteiger partial charge in [0.25, 0.3) is 0 Å². The standard InChI is InChI=1S/C19H33N/c1-4-5-6-7-8-9-13-16-18(20)19(2,3)17-14-11-10-12-15-17/h10-12,14-15,18H,4-9,13,16,20H2,1-3H3. The van der Waals surface area contributed by atoms with Crippen LogP contribution in [0.5, 0.6) is 0 Å². The zero-order valence-corrected chi connectivity index (χ0v) is 13.7. The Labute approximate surface area is 126 Å². The van der Waals surface area contributed by atoms with E-state index < -0.39 is 0 Å². The van der Waals surface area contributed by atoms with Crippen LogP contribution in [0.1, 0.15) is 77.7 Å². The number of hydrogen-bond donors (Lipinski definition) is 1. The summed E-state index contributed by atoms with van der Waals surface area (Å²) in [5, 5.41) is 0. The Morgan fingerprint density at radius 3 is 2.05 bits per heavy atom. The lowest BCUT2D eigenvalue weighted by molar-refractivity contribution is 0.375. The minimum Gasteiger partial charge on any atom is -0.327 e. The molecule has 0 saturated carbocycles. The first-order valence-corrected chi connectivity index (χ1v) is 8.40. The van der Waals surface area contributed by atoms with E-state index in [0.717, 1.165) is 6.42 Å². The molecule has 0 aromatic heterocycles. The average molecular weight is 275 g/mol. The molecule has 1 aromatic carbocycles. The summed E-state index contributed by atoms with van der Waals surface area (Å²) in [7, 11) is 0. The van der Waals surface area contributed by atoms with Gasteiger partial charge in [-0.05, 0) is 12.0 Å². The molecule has 20 heavy (non-hydrogen) atoms. The van der Waals surface area contributed by atoms with Crippen molar-refractivity contribution in [3.8, 4) is 0 Å². The molecule has 1 aromatic rings. The van der Waals surface area contributed by atoms with Crippen molar-refractivity contribution in [3.05, 3.63) is 35.9 Å². The van der Waals surface area contributed by atoms with Gasteiger partial charge >= 0.3 is 0 Å². The normalized spacial score (nSPS) is 13.4. The summed E-state index contributed by atoms with van der Waals surface area (Å²) in [5.74, 6) is 0. The van der Waals surface area contributed by atoms with Crippen LogP contribution in [0.25, 0.3) is 0 Å². The number of nitrogens with two attached hydrogens (primary N) is 1. The van der Waals surface area contributed by atoms with Crippen LogP contribution in [0.4, 0.5) is 0 Å². The highest BCUT2D eigenvalue weighted by Crippen LogP contribution is 2.28. The molecule has 0 amide bonds. The highest BCUT2D eigenvalue weighted by Gasteiger charge is 2.27. The fourth-order valence-electron chi connectivity index (χ4n) is 2.76. The largest absolute Gasteiger partial charge is 0.327 e. The summed E-state index contributed by atoms with van der Waals surface area (Å²) < 4.78 is 0. The molecule has 114 valence electrons. The first-order valence-electron chi connectivity index (χ1n) is 8.40. The van der Waals surface area contributed by atoms with E-state index in [1.54, 1.807) is 0 Å². The molecule has 0 aliphatic carbocycles. The second-order valence-corrected chi connectivity index (χ2v) is 6.60. The van der Waals surface area contributed by atoms with Gasteiger partial charge in [-0.3, -0.25) is 0 Å². The number of rotatable bonds is 10. The Bertz CT molecular complexity index is 342. The summed E-state index contributed by atoms with van der Waals surface area (Å²) in [6, 6.07) is 10.9. The molecule has 0 aliphatic heterocycles. The monoisotopic (exact) mass is 275 g/mol. The van der Waals surface area contributed by atoms with Gasteiger partial charge in [0, 0.05) is 11.5 Å². The average Bonchev–Trinajstić information content (AvgIpc) is 2.47. The fraction of sp³-hybridized carbons (Fsp3) is 0.684. The second-order valence-electron chi connectivity index (χ2n) is 6.60. The lowest BCUT2D eigenvalue weighted by Gasteiger charge is -2.32. The van der Waals surface area contributed by atoms with Gasteiger partial charge in [0.15, 0.2) is 0 Å². The van der Waals surface area contributed by atoms with Gasteiger partial charge in [-0.2, -0.15) is 0 Å². The quantitative estimate of drug-likeness (QED) is 0.566. The van der Waals surface area contributed by atoms with Crippen molar-refractivity contribution >= 4 is 0 Å². The predicted molar refractivity (Wildman–Crippen MR) is 90.1 cm³/mol. The van der Waals surface area contributed by atoms with Gasteiger partial charge in [0.1, 0.15) is 0 Å². The van der Waals surface area contributed by atoms with Crippen LogP contribution >= 0.6 is 0 Å². The van der Waals surface area contributed by atoms with Crippen molar-refractivity contribution in [3.63, 3.8) is 0 Å². The Kier molecular flexibility index (Phi) is 7.91. The zero-order chi connectivity index (χ0) is 14.8. The number of benzene rings is 1. The Hall–Kier alpha value is -0.820. The Morgan fingerprint density at radius 2 is 1.45 bits per heavy atom. The van der Waals surface area contributed by atoms with E-state index in [9.17, 15) is 0 Å². The van der Waals surface area contributed by atoms with Crippen LogP contribution in [0.15, 0.2) is 30.3 Å². The molecule has 1 atom stereocenters. The SMILES string of the molecule is CCCCCCCCCC(N)C(C)(C)c1ccccc1. The van der Waals surface area contributed by atoms with Gasteiger partial charge in [0.05, 0.1) is 0 Å². The maximum absolute atomic E-state index is 6.45. The van der Waals surface area contributed by atoms with Crippen molar-refractivity contribution in [2.45, 2.75) is 83.6 Å². The molecule has 1 rings (SSSR count). The van der Waals surface area contributed by atoms with Crippen LogP contribution in [-0.4, -0.2) is 6.04 Å². The van der Waals surface area contributed by atoms with Crippen LogP contribution < -0.4 is 5.73 Å². The first-order chi connectivity index (χ1) is 9.59. The minimum atomic E-state index is 0.0729. The van der Waals surface area contributed by atoms with E-state index in [0.29, 0.717) is 0 Å². The van der Waals surface area contributed by atoms with Crippen molar-refractivity contribution < 1.29 is 0 Å². The maximum Gasteiger partial charge on any atom is 0.0131 e. The van der Waals surface area contributed by atoms with Crippen LogP contribution in [0.3, 0.4) is 0 Å². The van der Waals surface area contributed by atoms with Gasteiger partial charge in [0.2, 0.25) is 0 Å². The molecular weight excluding hydrogens is 242 g/mol. The molecular formula is C19H33N. The third kappa shape index (κ3) is 5.66. The van der Waals surface area contributed by atoms with Crippen LogP contribution in [-0.2, 0) is 5.41 Å². The summed E-state index contributed by atoms with van der Waals surface area (Å²) >= 11 is 0. The van der Waals surface area contributed by atoms with Crippen molar-refractivity contribution in [1.29, 1.82) is 0 Å². The molecule has 1 unspecified atom stereocenters. The second kappa shape index (κ2) is 9.18. The molecule has 0 spiro atoms. The van der Waals surface area contributed by atoms with Crippen molar-refractivity contribution in [2.24, 2.45) is 5.73 Å². The van der Waals surface area contributed by atoms with Crippen molar-refractivity contribution in [2.75, 3.05) is 0 Å². The predicted octanol–water partition coefficient (Wildman–Crippen LogP) is 5.43. The van der Waals surface area contributed by atoms with E-state index in [-0.39, 0.29) is 11.5 Å². The molecule has 0 fully saturated rings. The highest BCUT2D eigenvalue weighted by molar-refractivity contribution is 5.25. The van der Waals surface area contributed by atoms with Gasteiger partial charge in [-0.25, -0.2) is 0 Å². The van der Waals surface area contributed by atoms with E-state index in [1.807, 2.05) is 0 Å². The van der Waals surface area contributed by atoms with Crippen molar-refractivity contribution in [1.82, 2.24) is 0 Å². The molecule has 2 N–H and O–H groups in total. The lowest BCUT2D eigenvalue weighted by atomic mass is 9.76. The third-order valence-electron chi connectivity index (χ3n) is 4.56. The topological polar surface area (TPSA) is 26.0 Å². The maximum atomic E-state index is 6.45. The third-order valence-corrected chi connectivity index (χ3v) is 4.56. The zero-order valence-electron chi connectivity index (χ0n) is 13.7. The van der Waals surface area contributed by atoms with Gasteiger partial charge in [-0.15, -0.1) is 0 Å². The molecule has 0 radical (unpaired) electrons. The van der Waals surface area contributed by atoms with Gasteiger partial charge in [-0.1, -0.05) is 96.0 Å². The molecule has 0 bridgehead atoms. The highest BCUT2D eigenvalue weighted by atomic mass is 14.7. The summed E-state index contributed by atoms with van der Waals surface area (Å²) in [6.07, 6.45) is 10.6. The summed E-state index contributed by atoms with van der Waals surface area (Å²) in [6.45, 7) is 6.81. The fourth-order valence-corrected chi connectivity index (χ4v) is 2.76. The molecule has 0 heterocycles. The number of unbranched alkanes of at least 4 members (excludes halogenated alkanes) is 6. The Morgan fingerprint density at radius 1 is 0.900 bits per heavy atom. The molecule has 1 heteroatoms.